The summed E-state index contributed by atoms with van der Waals surface area (Å²) in [6.45, 7) is 4.01. The molecule has 1 aliphatic carbocycles. The highest BCUT2D eigenvalue weighted by Gasteiger charge is 2.51. The van der Waals surface area contributed by atoms with Gasteiger partial charge in [0.1, 0.15) is 42.7 Å². The van der Waals surface area contributed by atoms with E-state index < -0.39 is 63.1 Å². The van der Waals surface area contributed by atoms with Gasteiger partial charge in [-0.1, -0.05) is 156 Å². The lowest BCUT2D eigenvalue weighted by Gasteiger charge is -2.41. The van der Waals surface area contributed by atoms with Gasteiger partial charge in [0.25, 0.3) is 0 Å². The van der Waals surface area contributed by atoms with Crippen molar-refractivity contribution >= 4 is 13.8 Å². The molecule has 0 aromatic rings. The van der Waals surface area contributed by atoms with Crippen LogP contribution in [0, 0.1) is 0 Å². The van der Waals surface area contributed by atoms with E-state index in [1.165, 1.54) is 6.42 Å². The molecule has 366 valence electrons. The summed E-state index contributed by atoms with van der Waals surface area (Å²) in [6, 6.07) is 0. The van der Waals surface area contributed by atoms with E-state index >= 15 is 0 Å². The number of hydrogen-bond donors (Lipinski definition) is 6. The summed E-state index contributed by atoms with van der Waals surface area (Å²) in [7, 11) is -5.04. The zero-order valence-corrected chi connectivity index (χ0v) is 39.9. The molecule has 0 amide bonds. The molecule has 64 heavy (non-hydrogen) atoms. The molecule has 0 aromatic heterocycles. The fraction of sp³-hybridized carbons (Fsp3) is 0.667. The van der Waals surface area contributed by atoms with Gasteiger partial charge in [0.2, 0.25) is 0 Å². The van der Waals surface area contributed by atoms with Crippen molar-refractivity contribution in [2.24, 2.45) is 0 Å². The minimum atomic E-state index is -5.04. The number of carbonyl (C=O) groups is 1. The first-order valence-electron chi connectivity index (χ1n) is 24.1. The molecule has 1 aliphatic rings. The summed E-state index contributed by atoms with van der Waals surface area (Å²) in [6.07, 6.45) is 43.3. The molecular formula is C51H85O12P. The third-order valence-corrected chi connectivity index (χ3v) is 11.4. The van der Waals surface area contributed by atoms with Gasteiger partial charge in [-0.15, -0.1) is 0 Å². The SMILES string of the molecule is CC/C=C\C/C=C\C/C=C\C/C=C\C/C=C\C/C=C\CCCCCCC(=O)OC(COCCCCCCCC/C=C\C/C=C\CCC)COP(=O)(O)OC1C(O)C(O)C(O)C(O)C1O. The Balaban J connectivity index is 2.40. The van der Waals surface area contributed by atoms with Gasteiger partial charge < -0.3 is 39.9 Å². The Kier molecular flexibility index (Phi) is 37.5. The van der Waals surface area contributed by atoms with Crippen LogP contribution in [0.4, 0.5) is 0 Å². The molecule has 0 aliphatic heterocycles. The maximum Gasteiger partial charge on any atom is 0.472 e. The minimum absolute atomic E-state index is 0.101. The van der Waals surface area contributed by atoms with Crippen molar-refractivity contribution in [1.29, 1.82) is 0 Å². The van der Waals surface area contributed by atoms with Crippen LogP contribution in [0.25, 0.3) is 0 Å². The van der Waals surface area contributed by atoms with Crippen LogP contribution in [0.1, 0.15) is 155 Å². The molecule has 12 nitrogen and oxygen atoms in total. The van der Waals surface area contributed by atoms with Crippen molar-refractivity contribution < 1.29 is 58.3 Å². The average Bonchev–Trinajstić information content (AvgIpc) is 3.28. The molecule has 1 fully saturated rings. The number of allylic oxidation sites excluding steroid dienone is 16. The van der Waals surface area contributed by atoms with Crippen LogP contribution in [0.15, 0.2) is 97.2 Å². The first kappa shape index (κ1) is 59.3. The molecule has 0 heterocycles. The number of phosphoric acid groups is 1. The number of aliphatic hydroxyl groups excluding tert-OH is 5. The number of phosphoric ester groups is 1. The van der Waals surface area contributed by atoms with E-state index in [1.54, 1.807) is 0 Å². The highest BCUT2D eigenvalue weighted by atomic mass is 31.2. The van der Waals surface area contributed by atoms with E-state index in [9.17, 15) is 39.8 Å². The molecule has 1 rings (SSSR count). The summed E-state index contributed by atoms with van der Waals surface area (Å²) >= 11 is 0. The van der Waals surface area contributed by atoms with Crippen molar-refractivity contribution in [3.8, 4) is 0 Å². The zero-order valence-electron chi connectivity index (χ0n) is 39.0. The molecule has 6 atom stereocenters. The molecule has 13 heteroatoms. The minimum Gasteiger partial charge on any atom is -0.457 e. The van der Waals surface area contributed by atoms with E-state index in [-0.39, 0.29) is 13.0 Å². The summed E-state index contributed by atoms with van der Waals surface area (Å²) in [5.74, 6) is -0.510. The van der Waals surface area contributed by atoms with Gasteiger partial charge in [0.05, 0.1) is 13.2 Å². The number of carbonyl (C=O) groups excluding carboxylic acids is 1. The van der Waals surface area contributed by atoms with Gasteiger partial charge >= 0.3 is 13.8 Å². The second kappa shape index (κ2) is 40.5. The Morgan fingerprint density at radius 3 is 1.41 bits per heavy atom. The molecule has 0 saturated heterocycles. The molecule has 6 unspecified atom stereocenters. The largest absolute Gasteiger partial charge is 0.472 e. The Hall–Kier alpha value is -2.74. The highest BCUT2D eigenvalue weighted by Crippen LogP contribution is 2.47. The third-order valence-electron chi connectivity index (χ3n) is 10.4. The van der Waals surface area contributed by atoms with E-state index in [1.807, 2.05) is 0 Å². The zero-order chi connectivity index (χ0) is 46.9. The quantitative estimate of drug-likeness (QED) is 0.0148. The van der Waals surface area contributed by atoms with Crippen LogP contribution in [-0.2, 0) is 27.9 Å². The van der Waals surface area contributed by atoms with Gasteiger partial charge in [-0.3, -0.25) is 13.8 Å². The van der Waals surface area contributed by atoms with E-state index in [2.05, 4.69) is 111 Å². The predicted octanol–water partition coefficient (Wildman–Crippen LogP) is 10.3. The van der Waals surface area contributed by atoms with Crippen molar-refractivity contribution in [1.82, 2.24) is 0 Å². The Labute approximate surface area is 385 Å². The second-order valence-electron chi connectivity index (χ2n) is 16.2. The van der Waals surface area contributed by atoms with Crippen LogP contribution >= 0.6 is 7.82 Å². The molecule has 0 spiro atoms. The summed E-state index contributed by atoms with van der Waals surface area (Å²) in [5, 5.41) is 50.2. The maximum absolute atomic E-state index is 12.8. The lowest BCUT2D eigenvalue weighted by molar-refractivity contribution is -0.220. The summed E-state index contributed by atoms with van der Waals surface area (Å²) in [5.41, 5.74) is 0. The van der Waals surface area contributed by atoms with Crippen molar-refractivity contribution in [3.05, 3.63) is 97.2 Å². The fourth-order valence-electron chi connectivity index (χ4n) is 6.63. The molecule has 0 bridgehead atoms. The van der Waals surface area contributed by atoms with Gasteiger partial charge in [0, 0.05) is 13.0 Å². The van der Waals surface area contributed by atoms with Crippen LogP contribution in [0.2, 0.25) is 0 Å². The van der Waals surface area contributed by atoms with Crippen LogP contribution in [0.5, 0.6) is 0 Å². The lowest BCUT2D eigenvalue weighted by Crippen LogP contribution is -2.64. The molecular weight excluding hydrogens is 836 g/mol. The summed E-state index contributed by atoms with van der Waals surface area (Å²) < 4.78 is 34.2. The van der Waals surface area contributed by atoms with Crippen LogP contribution in [-0.4, -0.2) is 98.9 Å². The second-order valence-corrected chi connectivity index (χ2v) is 17.6. The first-order chi connectivity index (χ1) is 31.0. The Morgan fingerprint density at radius 1 is 0.516 bits per heavy atom. The normalized spacial score (nSPS) is 22.6. The number of unbranched alkanes of at least 4 members (excludes halogenated alkanes) is 11. The topological polar surface area (TPSA) is 192 Å². The van der Waals surface area contributed by atoms with E-state index in [0.29, 0.717) is 13.0 Å². The van der Waals surface area contributed by atoms with E-state index in [4.69, 9.17) is 18.5 Å². The Bertz CT molecular complexity index is 1420. The average molecular weight is 921 g/mol. The molecule has 1 saturated carbocycles. The first-order valence-corrected chi connectivity index (χ1v) is 25.6. The molecule has 0 radical (unpaired) electrons. The van der Waals surface area contributed by atoms with Gasteiger partial charge in [0.15, 0.2) is 0 Å². The number of esters is 1. The maximum atomic E-state index is 12.8. The van der Waals surface area contributed by atoms with E-state index in [0.717, 1.165) is 122 Å². The predicted molar refractivity (Wildman–Crippen MR) is 257 cm³/mol. The standard InChI is InChI=1S/C51H85O12P/c1-3-5-7-9-11-13-15-17-19-20-21-22-23-24-25-26-27-28-30-32-34-36-38-40-45(52)62-44(42-60-41-39-37-35-33-31-29-18-16-14-12-10-8-6-4-2)43-61-64(58,59)63-51-49(56)47(54)46(53)48(55)50(51)57/h5,7-8,10-11,13-14,16-17,19,21-22,24-25,27-28,44,46-51,53-57H,3-4,6,9,12,15,18,20,23,26,29-43H2,1-2H3,(H,58,59)/b7-5-,10-8-,13-11-,16-14-,19-17-,22-21-,25-24-,28-27-. The van der Waals surface area contributed by atoms with Crippen LogP contribution in [0.3, 0.4) is 0 Å². The highest BCUT2D eigenvalue weighted by molar-refractivity contribution is 7.47. The van der Waals surface area contributed by atoms with Gasteiger partial charge in [-0.05, 0) is 89.9 Å². The van der Waals surface area contributed by atoms with Crippen molar-refractivity contribution in [2.75, 3.05) is 19.8 Å². The fourth-order valence-corrected chi connectivity index (χ4v) is 7.60. The monoisotopic (exact) mass is 921 g/mol. The van der Waals surface area contributed by atoms with Crippen molar-refractivity contribution in [2.45, 2.75) is 198 Å². The van der Waals surface area contributed by atoms with Gasteiger partial charge in [-0.2, -0.15) is 0 Å². The summed E-state index contributed by atoms with van der Waals surface area (Å²) in [4.78, 5) is 23.2. The Morgan fingerprint density at radius 2 is 0.922 bits per heavy atom. The number of hydrogen-bond acceptors (Lipinski definition) is 11. The lowest BCUT2D eigenvalue weighted by atomic mass is 9.85. The number of rotatable bonds is 39. The molecule has 0 aromatic carbocycles. The van der Waals surface area contributed by atoms with Crippen LogP contribution < -0.4 is 0 Å². The van der Waals surface area contributed by atoms with Gasteiger partial charge in [-0.25, -0.2) is 4.57 Å². The number of ether oxygens (including phenoxy) is 2. The number of aliphatic hydroxyl groups is 5. The smallest absolute Gasteiger partial charge is 0.457 e. The van der Waals surface area contributed by atoms with Crippen molar-refractivity contribution in [3.63, 3.8) is 0 Å². The third kappa shape index (κ3) is 32.0. The molecule has 6 N–H and O–H groups in total.